The molecule has 7 nitrogen and oxygen atoms in total. The molecule has 0 bridgehead atoms. The van der Waals surface area contributed by atoms with Crippen LogP contribution in [-0.4, -0.2) is 34.2 Å². The summed E-state index contributed by atoms with van der Waals surface area (Å²) in [6.07, 6.45) is 0. The number of imide groups is 1. The number of nitrogens with two attached hydrogens (primary N) is 1. The summed E-state index contributed by atoms with van der Waals surface area (Å²) in [5.41, 5.74) is 7.44. The molecule has 2 heterocycles. The van der Waals surface area contributed by atoms with Crippen LogP contribution in [-0.2, 0) is 16.6 Å². The molecule has 0 aromatic carbocycles. The number of carbonyl (C=O) groups excluding carboxylic acids is 2. The van der Waals surface area contributed by atoms with Gasteiger partial charge in [0.2, 0.25) is 11.8 Å². The van der Waals surface area contributed by atoms with Gasteiger partial charge in [-0.1, -0.05) is 13.8 Å². The smallest absolute Gasteiger partial charge is 0.249 e. The summed E-state index contributed by atoms with van der Waals surface area (Å²) >= 11 is 0. The van der Waals surface area contributed by atoms with Crippen LogP contribution >= 0.6 is 0 Å². The van der Waals surface area contributed by atoms with Crippen molar-refractivity contribution in [1.82, 2.24) is 15.1 Å². The number of aromatic nitrogens is 2. The third kappa shape index (κ3) is 2.16. The van der Waals surface area contributed by atoms with E-state index in [2.05, 4.69) is 10.4 Å². The lowest BCUT2D eigenvalue weighted by Crippen LogP contribution is -2.57. The van der Waals surface area contributed by atoms with Gasteiger partial charge in [0, 0.05) is 7.05 Å². The van der Waals surface area contributed by atoms with Gasteiger partial charge in [-0.15, -0.1) is 0 Å². The number of carbonyl (C=O) groups is 2. The van der Waals surface area contributed by atoms with E-state index in [0.717, 1.165) is 5.69 Å². The molecule has 104 valence electrons. The zero-order chi connectivity index (χ0) is 14.3. The molecular weight excluding hydrogens is 246 g/mol. The summed E-state index contributed by atoms with van der Waals surface area (Å²) in [7, 11) is 1.77. The largest absolute Gasteiger partial charge is 0.394 e. The van der Waals surface area contributed by atoms with Crippen molar-refractivity contribution < 1.29 is 9.59 Å². The van der Waals surface area contributed by atoms with E-state index < -0.39 is 6.04 Å². The first-order valence-electron chi connectivity index (χ1n) is 6.25. The monoisotopic (exact) mass is 265 g/mol. The zero-order valence-corrected chi connectivity index (χ0v) is 11.6. The Morgan fingerprint density at radius 2 is 2.05 bits per heavy atom. The standard InChI is InChI=1S/C12H19N5O2/c1-6(2)10-9(13)12(16(4)15-10)17-5-8(18)14-11(19)7(17)3/h6-7H,5,13H2,1-4H3,(H,14,18,19). The molecular formula is C12H19N5O2. The minimum absolute atomic E-state index is 0.105. The van der Waals surface area contributed by atoms with Crippen LogP contribution in [0, 0.1) is 0 Å². The number of piperazine rings is 1. The molecule has 1 aromatic rings. The van der Waals surface area contributed by atoms with E-state index in [1.165, 1.54) is 0 Å². The maximum Gasteiger partial charge on any atom is 0.249 e. The molecule has 0 aliphatic carbocycles. The van der Waals surface area contributed by atoms with Crippen molar-refractivity contribution in [2.45, 2.75) is 32.7 Å². The Bertz CT molecular complexity index is 534. The van der Waals surface area contributed by atoms with E-state index in [4.69, 9.17) is 5.73 Å². The van der Waals surface area contributed by atoms with Crippen LogP contribution in [0.4, 0.5) is 11.5 Å². The molecule has 3 N–H and O–H groups in total. The highest BCUT2D eigenvalue weighted by atomic mass is 16.2. The number of nitrogens with zero attached hydrogens (tertiary/aromatic N) is 3. The second-order valence-corrected chi connectivity index (χ2v) is 5.12. The lowest BCUT2D eigenvalue weighted by Gasteiger charge is -2.33. The van der Waals surface area contributed by atoms with E-state index in [0.29, 0.717) is 11.5 Å². The Morgan fingerprint density at radius 1 is 1.42 bits per heavy atom. The Balaban J connectivity index is 2.46. The topological polar surface area (TPSA) is 93.2 Å². The first kappa shape index (κ1) is 13.4. The van der Waals surface area contributed by atoms with Crippen LogP contribution in [0.1, 0.15) is 32.4 Å². The number of aryl methyl sites for hydroxylation is 1. The van der Waals surface area contributed by atoms with Gasteiger partial charge in [-0.25, -0.2) is 0 Å². The van der Waals surface area contributed by atoms with Gasteiger partial charge in [-0.2, -0.15) is 5.10 Å². The van der Waals surface area contributed by atoms with Crippen molar-refractivity contribution >= 4 is 23.3 Å². The van der Waals surface area contributed by atoms with Crippen molar-refractivity contribution in [1.29, 1.82) is 0 Å². The van der Waals surface area contributed by atoms with Gasteiger partial charge >= 0.3 is 0 Å². The van der Waals surface area contributed by atoms with Gasteiger partial charge in [0.15, 0.2) is 5.82 Å². The summed E-state index contributed by atoms with van der Waals surface area (Å²) < 4.78 is 1.63. The van der Waals surface area contributed by atoms with E-state index in [1.807, 2.05) is 13.8 Å². The highest BCUT2D eigenvalue weighted by molar-refractivity contribution is 6.04. The van der Waals surface area contributed by atoms with E-state index in [1.54, 1.807) is 23.6 Å². The summed E-state index contributed by atoms with van der Waals surface area (Å²) in [5, 5.41) is 6.68. The van der Waals surface area contributed by atoms with Crippen molar-refractivity contribution in [3.63, 3.8) is 0 Å². The number of rotatable bonds is 2. The summed E-state index contributed by atoms with van der Waals surface area (Å²) in [6.45, 7) is 5.84. The lowest BCUT2D eigenvalue weighted by molar-refractivity contribution is -0.132. The van der Waals surface area contributed by atoms with Crippen LogP contribution in [0.25, 0.3) is 0 Å². The van der Waals surface area contributed by atoms with E-state index in [-0.39, 0.29) is 24.3 Å². The minimum atomic E-state index is -0.449. The lowest BCUT2D eigenvalue weighted by atomic mass is 10.1. The number of amides is 2. The van der Waals surface area contributed by atoms with Crippen LogP contribution in [0.3, 0.4) is 0 Å². The van der Waals surface area contributed by atoms with E-state index in [9.17, 15) is 9.59 Å². The maximum absolute atomic E-state index is 11.7. The predicted octanol–water partition coefficient (Wildman–Crippen LogP) is -0.0230. The molecule has 1 aromatic heterocycles. The van der Waals surface area contributed by atoms with Gasteiger partial charge in [0.25, 0.3) is 0 Å². The molecule has 7 heteroatoms. The fraction of sp³-hybridized carbons (Fsp3) is 0.583. The third-order valence-electron chi connectivity index (χ3n) is 3.32. The van der Waals surface area contributed by atoms with Crippen LogP contribution < -0.4 is 16.0 Å². The quantitative estimate of drug-likeness (QED) is 0.733. The number of hydrogen-bond donors (Lipinski definition) is 2. The Kier molecular flexibility index (Phi) is 3.21. The summed E-state index contributed by atoms with van der Waals surface area (Å²) in [6, 6.07) is -0.449. The average molecular weight is 265 g/mol. The average Bonchev–Trinajstić information content (AvgIpc) is 2.60. The molecule has 1 aliphatic heterocycles. The molecule has 1 atom stereocenters. The van der Waals surface area contributed by atoms with Crippen molar-refractivity contribution in [3.05, 3.63) is 5.69 Å². The molecule has 1 unspecified atom stereocenters. The molecule has 2 rings (SSSR count). The molecule has 1 aliphatic rings. The highest BCUT2D eigenvalue weighted by Crippen LogP contribution is 2.32. The molecule has 1 saturated heterocycles. The van der Waals surface area contributed by atoms with Gasteiger partial charge in [0.1, 0.15) is 6.04 Å². The van der Waals surface area contributed by atoms with Gasteiger partial charge < -0.3 is 10.6 Å². The highest BCUT2D eigenvalue weighted by Gasteiger charge is 2.34. The second kappa shape index (κ2) is 4.56. The van der Waals surface area contributed by atoms with Crippen LogP contribution in [0.2, 0.25) is 0 Å². The number of nitrogens with one attached hydrogen (secondary N) is 1. The van der Waals surface area contributed by atoms with Crippen molar-refractivity contribution in [3.8, 4) is 0 Å². The van der Waals surface area contributed by atoms with Crippen LogP contribution in [0.5, 0.6) is 0 Å². The van der Waals surface area contributed by atoms with E-state index >= 15 is 0 Å². The number of anilines is 2. The van der Waals surface area contributed by atoms with Gasteiger partial charge in [-0.3, -0.25) is 19.6 Å². The third-order valence-corrected chi connectivity index (χ3v) is 3.32. The SMILES string of the molecule is CC(C)c1nn(C)c(N2CC(=O)NC(=O)C2C)c1N. The summed E-state index contributed by atoms with van der Waals surface area (Å²) in [5.74, 6) is 0.168. The Hall–Kier alpha value is -2.05. The van der Waals surface area contributed by atoms with Crippen LogP contribution in [0.15, 0.2) is 0 Å². The zero-order valence-electron chi connectivity index (χ0n) is 11.6. The molecule has 1 fully saturated rings. The summed E-state index contributed by atoms with van der Waals surface area (Å²) in [4.78, 5) is 24.9. The maximum atomic E-state index is 11.7. The van der Waals surface area contributed by atoms with Gasteiger partial charge in [0.05, 0.1) is 17.9 Å². The fourth-order valence-corrected chi connectivity index (χ4v) is 2.29. The molecule has 0 radical (unpaired) electrons. The normalized spacial score (nSPS) is 20.1. The Labute approximate surface area is 111 Å². The molecule has 19 heavy (non-hydrogen) atoms. The van der Waals surface area contributed by atoms with Gasteiger partial charge in [-0.05, 0) is 12.8 Å². The first-order valence-corrected chi connectivity index (χ1v) is 6.25. The second-order valence-electron chi connectivity index (χ2n) is 5.12. The molecule has 0 saturated carbocycles. The number of hydrogen-bond acceptors (Lipinski definition) is 5. The predicted molar refractivity (Wildman–Crippen MR) is 71.7 cm³/mol. The van der Waals surface area contributed by atoms with Crippen molar-refractivity contribution in [2.24, 2.45) is 7.05 Å². The Morgan fingerprint density at radius 3 is 2.58 bits per heavy atom. The number of nitrogen functional groups attached to an aromatic ring is 1. The van der Waals surface area contributed by atoms with Crippen molar-refractivity contribution in [2.75, 3.05) is 17.2 Å². The first-order chi connectivity index (χ1) is 8.82. The molecule has 0 spiro atoms. The minimum Gasteiger partial charge on any atom is -0.394 e. The fourth-order valence-electron chi connectivity index (χ4n) is 2.29. The molecule has 2 amide bonds.